The number of hydrogen-bond acceptors (Lipinski definition) is 2. The van der Waals surface area contributed by atoms with Crippen LogP contribution in [0, 0.1) is 5.82 Å². The van der Waals surface area contributed by atoms with Crippen LogP contribution in [0.25, 0.3) is 5.57 Å². The third-order valence-electron chi connectivity index (χ3n) is 2.99. The van der Waals surface area contributed by atoms with E-state index in [0.29, 0.717) is 4.47 Å². The molecule has 0 radical (unpaired) electrons. The lowest BCUT2D eigenvalue weighted by molar-refractivity contribution is 0.369. The number of nitrogens with zero attached hydrogens (tertiary/aromatic N) is 1. The summed E-state index contributed by atoms with van der Waals surface area (Å²) in [5, 5.41) is 0. The van der Waals surface area contributed by atoms with Gasteiger partial charge in [-0.1, -0.05) is 6.08 Å². The molecule has 0 amide bonds. The van der Waals surface area contributed by atoms with Crippen LogP contribution in [0.4, 0.5) is 4.39 Å². The van der Waals surface area contributed by atoms with Crippen molar-refractivity contribution in [3.05, 3.63) is 34.1 Å². The fraction of sp³-hybridized carbons (Fsp3) is 0.385. The summed E-state index contributed by atoms with van der Waals surface area (Å²) in [6.45, 7) is 1.93. The van der Waals surface area contributed by atoms with Gasteiger partial charge in [-0.15, -0.1) is 0 Å². The van der Waals surface area contributed by atoms with Gasteiger partial charge in [0.1, 0.15) is 0 Å². The van der Waals surface area contributed by atoms with Crippen molar-refractivity contribution in [1.82, 2.24) is 4.90 Å². The Morgan fingerprint density at radius 2 is 2.18 bits per heavy atom. The molecule has 1 aromatic carbocycles. The van der Waals surface area contributed by atoms with Crippen LogP contribution in [0.2, 0.25) is 0 Å². The van der Waals surface area contributed by atoms with Gasteiger partial charge in [0.2, 0.25) is 0 Å². The van der Waals surface area contributed by atoms with Gasteiger partial charge in [-0.25, -0.2) is 4.39 Å². The smallest absolute Gasteiger partial charge is 0.168 e. The molecule has 0 saturated heterocycles. The molecule has 0 aliphatic carbocycles. The summed E-state index contributed by atoms with van der Waals surface area (Å²) in [4.78, 5) is 2.23. The molecule has 4 heteroatoms. The molecule has 1 aromatic rings. The van der Waals surface area contributed by atoms with Crippen molar-refractivity contribution in [3.63, 3.8) is 0 Å². The summed E-state index contributed by atoms with van der Waals surface area (Å²) in [6, 6.07) is 3.46. The van der Waals surface area contributed by atoms with Crippen molar-refractivity contribution >= 4 is 21.5 Å². The molecule has 0 aromatic heterocycles. The van der Waals surface area contributed by atoms with Gasteiger partial charge in [-0.3, -0.25) is 0 Å². The van der Waals surface area contributed by atoms with Crippen LogP contribution in [0.15, 0.2) is 22.7 Å². The van der Waals surface area contributed by atoms with Crippen molar-refractivity contribution in [2.75, 3.05) is 27.2 Å². The molecule has 0 spiro atoms. The van der Waals surface area contributed by atoms with Gasteiger partial charge in [0.05, 0.1) is 11.6 Å². The molecule has 0 unspecified atom stereocenters. The highest BCUT2D eigenvalue weighted by Crippen LogP contribution is 2.33. The topological polar surface area (TPSA) is 12.5 Å². The minimum absolute atomic E-state index is 0.266. The van der Waals surface area contributed by atoms with Crippen LogP contribution in [-0.2, 0) is 0 Å². The van der Waals surface area contributed by atoms with Crippen molar-refractivity contribution in [2.24, 2.45) is 0 Å². The number of methoxy groups -OCH3 is 1. The van der Waals surface area contributed by atoms with Gasteiger partial charge in [-0.05, 0) is 52.7 Å². The second-order valence-electron chi connectivity index (χ2n) is 4.21. The van der Waals surface area contributed by atoms with Gasteiger partial charge < -0.3 is 9.64 Å². The number of rotatable bonds is 2. The quantitative estimate of drug-likeness (QED) is 0.831. The summed E-state index contributed by atoms with van der Waals surface area (Å²) < 4.78 is 19.4. The predicted molar refractivity (Wildman–Crippen MR) is 70.7 cm³/mol. The highest BCUT2D eigenvalue weighted by Gasteiger charge is 2.14. The largest absolute Gasteiger partial charge is 0.492 e. The van der Waals surface area contributed by atoms with Crippen LogP contribution >= 0.6 is 15.9 Å². The first-order chi connectivity index (χ1) is 8.11. The molecular formula is C13H15BrFNO. The zero-order valence-electron chi connectivity index (χ0n) is 9.96. The Labute approximate surface area is 109 Å². The first-order valence-electron chi connectivity index (χ1n) is 5.53. The SMILES string of the molecule is COc1c(F)cc(C2=CCN(C)CC2)cc1Br. The van der Waals surface area contributed by atoms with E-state index in [4.69, 9.17) is 4.74 Å². The number of likely N-dealkylation sites (N-methyl/N-ethyl adjacent to an activating group) is 1. The summed E-state index contributed by atoms with van der Waals surface area (Å²) in [5.74, 6) is -0.0565. The lowest BCUT2D eigenvalue weighted by Gasteiger charge is -2.22. The van der Waals surface area contributed by atoms with Gasteiger partial charge in [0, 0.05) is 13.1 Å². The Bertz CT molecular complexity index is 436. The van der Waals surface area contributed by atoms with Crippen LogP contribution in [0.5, 0.6) is 5.75 Å². The third-order valence-corrected chi connectivity index (χ3v) is 3.57. The second kappa shape index (κ2) is 5.19. The zero-order chi connectivity index (χ0) is 12.4. The summed E-state index contributed by atoms with van der Waals surface area (Å²) >= 11 is 3.33. The maximum absolute atomic E-state index is 13.8. The molecule has 17 heavy (non-hydrogen) atoms. The Kier molecular flexibility index (Phi) is 3.84. The third kappa shape index (κ3) is 2.69. The van der Waals surface area contributed by atoms with E-state index in [0.717, 1.165) is 25.1 Å². The Hall–Kier alpha value is -0.870. The lowest BCUT2D eigenvalue weighted by Crippen LogP contribution is -2.23. The van der Waals surface area contributed by atoms with E-state index in [1.165, 1.54) is 12.7 Å². The molecule has 0 fully saturated rings. The van der Waals surface area contributed by atoms with Crippen molar-refractivity contribution in [1.29, 1.82) is 0 Å². The van der Waals surface area contributed by atoms with E-state index in [9.17, 15) is 4.39 Å². The van der Waals surface area contributed by atoms with Crippen LogP contribution in [0.1, 0.15) is 12.0 Å². The highest BCUT2D eigenvalue weighted by atomic mass is 79.9. The number of benzene rings is 1. The lowest BCUT2D eigenvalue weighted by atomic mass is 9.99. The number of ether oxygens (including phenoxy) is 1. The number of hydrogen-bond donors (Lipinski definition) is 0. The molecular weight excluding hydrogens is 285 g/mol. The maximum atomic E-state index is 13.8. The zero-order valence-corrected chi connectivity index (χ0v) is 11.6. The Balaban J connectivity index is 2.34. The molecule has 1 heterocycles. The second-order valence-corrected chi connectivity index (χ2v) is 5.07. The minimum atomic E-state index is -0.322. The molecule has 0 N–H and O–H groups in total. The molecule has 2 nitrogen and oxygen atoms in total. The van der Waals surface area contributed by atoms with Crippen LogP contribution in [0.3, 0.4) is 0 Å². The molecule has 0 atom stereocenters. The fourth-order valence-electron chi connectivity index (χ4n) is 1.97. The van der Waals surface area contributed by atoms with Crippen LogP contribution in [-0.4, -0.2) is 32.1 Å². The van der Waals surface area contributed by atoms with Gasteiger partial charge in [0.25, 0.3) is 0 Å². The van der Waals surface area contributed by atoms with Gasteiger partial charge in [0.15, 0.2) is 11.6 Å². The van der Waals surface area contributed by atoms with Crippen LogP contribution < -0.4 is 4.74 Å². The van der Waals surface area contributed by atoms with E-state index in [1.807, 2.05) is 6.07 Å². The highest BCUT2D eigenvalue weighted by molar-refractivity contribution is 9.10. The maximum Gasteiger partial charge on any atom is 0.168 e. The molecule has 0 bridgehead atoms. The van der Waals surface area contributed by atoms with Crippen molar-refractivity contribution < 1.29 is 9.13 Å². The average molecular weight is 300 g/mol. The summed E-state index contributed by atoms with van der Waals surface area (Å²) in [6.07, 6.45) is 3.10. The summed E-state index contributed by atoms with van der Waals surface area (Å²) in [7, 11) is 3.55. The Morgan fingerprint density at radius 3 is 2.71 bits per heavy atom. The van der Waals surface area contributed by atoms with Gasteiger partial charge >= 0.3 is 0 Å². The fourth-order valence-corrected chi connectivity index (χ4v) is 2.57. The first kappa shape index (κ1) is 12.6. The normalized spacial score (nSPS) is 16.8. The first-order valence-corrected chi connectivity index (χ1v) is 6.32. The van der Waals surface area contributed by atoms with Gasteiger partial charge in [-0.2, -0.15) is 0 Å². The average Bonchev–Trinajstić information content (AvgIpc) is 2.29. The van der Waals surface area contributed by atoms with E-state index in [2.05, 4.69) is 34.0 Å². The minimum Gasteiger partial charge on any atom is -0.492 e. The van der Waals surface area contributed by atoms with E-state index in [1.54, 1.807) is 6.07 Å². The summed E-state index contributed by atoms with van der Waals surface area (Å²) in [5.41, 5.74) is 2.13. The predicted octanol–water partition coefficient (Wildman–Crippen LogP) is 3.32. The van der Waals surface area contributed by atoms with Crippen molar-refractivity contribution in [2.45, 2.75) is 6.42 Å². The monoisotopic (exact) mass is 299 g/mol. The van der Waals surface area contributed by atoms with Crippen molar-refractivity contribution in [3.8, 4) is 5.75 Å². The van der Waals surface area contributed by atoms with E-state index in [-0.39, 0.29) is 11.6 Å². The standard InChI is InChI=1S/C13H15BrFNO/c1-16-5-3-9(4-6-16)10-7-11(14)13(17-2)12(15)8-10/h3,7-8H,4-6H2,1-2H3. The number of halogens is 2. The molecule has 2 rings (SSSR count). The molecule has 0 saturated carbocycles. The van der Waals surface area contributed by atoms with E-state index >= 15 is 0 Å². The molecule has 1 aliphatic heterocycles. The Morgan fingerprint density at radius 1 is 1.41 bits per heavy atom. The van der Waals surface area contributed by atoms with E-state index < -0.39 is 0 Å². The molecule has 1 aliphatic rings. The molecule has 92 valence electrons.